The minimum Gasteiger partial charge on any atom is -0.493 e. The molecule has 1 fully saturated rings. The summed E-state index contributed by atoms with van der Waals surface area (Å²) in [6, 6.07) is 5.18. The van der Waals surface area contributed by atoms with Gasteiger partial charge in [-0.05, 0) is 50.8 Å². The summed E-state index contributed by atoms with van der Waals surface area (Å²) < 4.78 is 5.77. The van der Waals surface area contributed by atoms with E-state index in [1.165, 1.54) is 0 Å². The third kappa shape index (κ3) is 4.77. The van der Waals surface area contributed by atoms with E-state index in [1.54, 1.807) is 32.0 Å². The van der Waals surface area contributed by atoms with Crippen molar-refractivity contribution < 1.29 is 9.53 Å². The summed E-state index contributed by atoms with van der Waals surface area (Å²) >= 11 is 11.9. The summed E-state index contributed by atoms with van der Waals surface area (Å²) in [7, 11) is 0. The fourth-order valence-electron chi connectivity index (χ4n) is 2.54. The van der Waals surface area contributed by atoms with Crippen LogP contribution in [0.1, 0.15) is 26.7 Å². The maximum absolute atomic E-state index is 12.1. The van der Waals surface area contributed by atoms with E-state index >= 15 is 0 Å². The van der Waals surface area contributed by atoms with Gasteiger partial charge in [0.15, 0.2) is 0 Å². The van der Waals surface area contributed by atoms with Crippen LogP contribution in [0.2, 0.25) is 10.0 Å². The lowest BCUT2D eigenvalue weighted by atomic mass is 9.95. The maximum Gasteiger partial charge on any atom is 0.242 e. The molecule has 0 spiro atoms. The van der Waals surface area contributed by atoms with Crippen molar-refractivity contribution in [1.82, 2.24) is 4.90 Å². The van der Waals surface area contributed by atoms with Gasteiger partial charge < -0.3 is 15.4 Å². The van der Waals surface area contributed by atoms with Gasteiger partial charge in [0.2, 0.25) is 5.91 Å². The number of hydrogen-bond acceptors (Lipinski definition) is 3. The lowest BCUT2D eigenvalue weighted by molar-refractivity contribution is -0.137. The molecule has 1 aromatic carbocycles. The zero-order chi connectivity index (χ0) is 16.3. The Labute approximate surface area is 141 Å². The molecule has 0 atom stereocenters. The highest BCUT2D eigenvalue weighted by atomic mass is 35.5. The number of nitrogens with zero attached hydrogens (tertiary/aromatic N) is 1. The molecule has 0 aromatic heterocycles. The quantitative estimate of drug-likeness (QED) is 0.911. The standard InChI is InChI=1S/C16H22Cl2N2O2/c1-16(2,19)15(21)20-5-3-11(4-6-20)10-22-14-8-12(17)7-13(18)9-14/h7-9,11H,3-6,10,19H2,1-2H3. The summed E-state index contributed by atoms with van der Waals surface area (Å²) in [6.45, 7) is 5.54. The first-order valence-corrected chi connectivity index (χ1v) is 8.18. The molecule has 1 amide bonds. The number of piperidine rings is 1. The lowest BCUT2D eigenvalue weighted by Gasteiger charge is -2.35. The van der Waals surface area contributed by atoms with Crippen LogP contribution in [0, 0.1) is 5.92 Å². The molecule has 2 rings (SSSR count). The molecule has 1 aliphatic heterocycles. The van der Waals surface area contributed by atoms with E-state index in [2.05, 4.69) is 0 Å². The molecular weight excluding hydrogens is 323 g/mol. The first kappa shape index (κ1) is 17.4. The molecule has 1 saturated heterocycles. The third-order valence-corrected chi connectivity index (χ3v) is 4.21. The molecule has 0 radical (unpaired) electrons. The van der Waals surface area contributed by atoms with Crippen molar-refractivity contribution in [2.45, 2.75) is 32.2 Å². The summed E-state index contributed by atoms with van der Waals surface area (Å²) in [5.74, 6) is 1.11. The topological polar surface area (TPSA) is 55.6 Å². The molecular formula is C16H22Cl2N2O2. The highest BCUT2D eigenvalue weighted by Crippen LogP contribution is 2.26. The SMILES string of the molecule is CC(C)(N)C(=O)N1CCC(COc2cc(Cl)cc(Cl)c2)CC1. The van der Waals surface area contributed by atoms with E-state index in [0.29, 0.717) is 28.3 Å². The Morgan fingerprint density at radius 3 is 2.32 bits per heavy atom. The van der Waals surface area contributed by atoms with E-state index in [0.717, 1.165) is 25.9 Å². The lowest BCUT2D eigenvalue weighted by Crippen LogP contribution is -2.53. The van der Waals surface area contributed by atoms with Gasteiger partial charge in [-0.3, -0.25) is 4.79 Å². The number of carbonyl (C=O) groups is 1. The Morgan fingerprint density at radius 2 is 1.82 bits per heavy atom. The first-order valence-electron chi connectivity index (χ1n) is 7.43. The minimum absolute atomic E-state index is 0.00786. The molecule has 2 N–H and O–H groups in total. The fourth-order valence-corrected chi connectivity index (χ4v) is 3.04. The van der Waals surface area contributed by atoms with Gasteiger partial charge in [-0.1, -0.05) is 23.2 Å². The van der Waals surface area contributed by atoms with Crippen LogP contribution in [-0.2, 0) is 4.79 Å². The van der Waals surface area contributed by atoms with Crippen molar-refractivity contribution in [2.24, 2.45) is 11.7 Å². The van der Waals surface area contributed by atoms with Crippen LogP contribution in [0.4, 0.5) is 0 Å². The zero-order valence-corrected chi connectivity index (χ0v) is 14.5. The summed E-state index contributed by atoms with van der Waals surface area (Å²) in [6.07, 6.45) is 1.83. The van der Waals surface area contributed by atoms with Crippen LogP contribution in [-0.4, -0.2) is 36.0 Å². The number of amides is 1. The van der Waals surface area contributed by atoms with Crippen molar-refractivity contribution in [2.75, 3.05) is 19.7 Å². The Kier molecular flexibility index (Phi) is 5.59. The Balaban J connectivity index is 1.81. The Morgan fingerprint density at radius 1 is 1.27 bits per heavy atom. The average Bonchev–Trinajstić information content (AvgIpc) is 2.43. The van der Waals surface area contributed by atoms with Crippen LogP contribution in [0.15, 0.2) is 18.2 Å². The predicted octanol–water partition coefficient (Wildman–Crippen LogP) is 3.35. The van der Waals surface area contributed by atoms with Gasteiger partial charge in [0.1, 0.15) is 5.75 Å². The molecule has 4 nitrogen and oxygen atoms in total. The van der Waals surface area contributed by atoms with Crippen molar-refractivity contribution in [3.63, 3.8) is 0 Å². The van der Waals surface area contributed by atoms with Gasteiger partial charge in [0, 0.05) is 23.1 Å². The van der Waals surface area contributed by atoms with Gasteiger partial charge in [0.05, 0.1) is 12.1 Å². The minimum atomic E-state index is -0.805. The summed E-state index contributed by atoms with van der Waals surface area (Å²) in [5.41, 5.74) is 5.06. The van der Waals surface area contributed by atoms with Gasteiger partial charge in [-0.15, -0.1) is 0 Å². The molecule has 1 aliphatic rings. The fraction of sp³-hybridized carbons (Fsp3) is 0.562. The number of benzene rings is 1. The van der Waals surface area contributed by atoms with Gasteiger partial charge in [-0.25, -0.2) is 0 Å². The zero-order valence-electron chi connectivity index (χ0n) is 12.9. The van der Waals surface area contributed by atoms with E-state index < -0.39 is 5.54 Å². The number of nitrogens with two attached hydrogens (primary N) is 1. The Hall–Kier alpha value is -0.970. The van der Waals surface area contributed by atoms with Crippen molar-refractivity contribution in [3.8, 4) is 5.75 Å². The first-order chi connectivity index (χ1) is 10.3. The van der Waals surface area contributed by atoms with Crippen LogP contribution >= 0.6 is 23.2 Å². The second-order valence-electron chi connectivity index (χ2n) is 6.37. The van der Waals surface area contributed by atoms with E-state index in [1.807, 2.05) is 4.90 Å². The van der Waals surface area contributed by atoms with Crippen LogP contribution in [0.5, 0.6) is 5.75 Å². The van der Waals surface area contributed by atoms with Crippen molar-refractivity contribution in [3.05, 3.63) is 28.2 Å². The molecule has 6 heteroatoms. The number of hydrogen-bond donors (Lipinski definition) is 1. The smallest absolute Gasteiger partial charge is 0.242 e. The molecule has 0 unspecified atom stereocenters. The molecule has 1 aromatic rings. The molecule has 122 valence electrons. The number of ether oxygens (including phenoxy) is 1. The van der Waals surface area contributed by atoms with Gasteiger partial charge in [-0.2, -0.15) is 0 Å². The predicted molar refractivity (Wildman–Crippen MR) is 89.5 cm³/mol. The third-order valence-electron chi connectivity index (χ3n) is 3.77. The Bertz CT molecular complexity index is 515. The maximum atomic E-state index is 12.1. The number of carbonyl (C=O) groups excluding carboxylic acids is 1. The van der Waals surface area contributed by atoms with Gasteiger partial charge in [0.25, 0.3) is 0 Å². The second-order valence-corrected chi connectivity index (χ2v) is 7.25. The van der Waals surface area contributed by atoms with Crippen LogP contribution in [0.25, 0.3) is 0 Å². The van der Waals surface area contributed by atoms with E-state index in [9.17, 15) is 4.79 Å². The molecule has 1 heterocycles. The number of halogens is 2. The van der Waals surface area contributed by atoms with Crippen LogP contribution < -0.4 is 10.5 Å². The van der Waals surface area contributed by atoms with Crippen molar-refractivity contribution in [1.29, 1.82) is 0 Å². The molecule has 22 heavy (non-hydrogen) atoms. The average molecular weight is 345 g/mol. The van der Waals surface area contributed by atoms with E-state index in [4.69, 9.17) is 33.7 Å². The monoisotopic (exact) mass is 344 g/mol. The van der Waals surface area contributed by atoms with Crippen LogP contribution in [0.3, 0.4) is 0 Å². The van der Waals surface area contributed by atoms with Crippen molar-refractivity contribution >= 4 is 29.1 Å². The summed E-state index contributed by atoms with van der Waals surface area (Å²) in [5, 5.41) is 1.13. The normalized spacial score (nSPS) is 16.7. The highest BCUT2D eigenvalue weighted by molar-refractivity contribution is 6.34. The number of rotatable bonds is 4. The second kappa shape index (κ2) is 7.07. The molecule has 0 aliphatic carbocycles. The summed E-state index contributed by atoms with van der Waals surface area (Å²) in [4.78, 5) is 14.0. The van der Waals surface area contributed by atoms with Gasteiger partial charge >= 0.3 is 0 Å². The number of likely N-dealkylation sites (tertiary alicyclic amines) is 1. The molecule has 0 bridgehead atoms. The molecule has 0 saturated carbocycles. The highest BCUT2D eigenvalue weighted by Gasteiger charge is 2.30. The van der Waals surface area contributed by atoms with E-state index in [-0.39, 0.29) is 5.91 Å². The largest absolute Gasteiger partial charge is 0.493 e.